The van der Waals surface area contributed by atoms with Crippen LogP contribution >= 0.6 is 0 Å². The molecule has 0 atom stereocenters. The van der Waals surface area contributed by atoms with Gasteiger partial charge in [0.05, 0.1) is 6.42 Å². The number of nitrogens with one attached hydrogen (secondary N) is 1. The van der Waals surface area contributed by atoms with Crippen LogP contribution in [0.4, 0.5) is 4.79 Å². The molecular formula is C20H25NO6. The van der Waals surface area contributed by atoms with E-state index in [1.165, 1.54) is 6.07 Å². The number of hydrogen-bond donors (Lipinski definition) is 1. The molecule has 0 radical (unpaired) electrons. The molecule has 1 heterocycles. The average molecular weight is 375 g/mol. The Balaban J connectivity index is 1.91. The van der Waals surface area contributed by atoms with Gasteiger partial charge in [0.1, 0.15) is 17.8 Å². The summed E-state index contributed by atoms with van der Waals surface area (Å²) >= 11 is 0. The highest BCUT2D eigenvalue weighted by atomic mass is 16.6. The van der Waals surface area contributed by atoms with Gasteiger partial charge in [-0.3, -0.25) is 4.79 Å². The summed E-state index contributed by atoms with van der Waals surface area (Å²) in [5.41, 5.74) is 1.01. The highest BCUT2D eigenvalue weighted by Crippen LogP contribution is 2.20. The van der Waals surface area contributed by atoms with E-state index in [0.717, 1.165) is 17.4 Å². The van der Waals surface area contributed by atoms with Crippen LogP contribution in [-0.2, 0) is 27.3 Å². The van der Waals surface area contributed by atoms with E-state index >= 15 is 0 Å². The maximum absolute atomic E-state index is 11.9. The Hall–Kier alpha value is -2.83. The van der Waals surface area contributed by atoms with Crippen molar-refractivity contribution in [3.8, 4) is 0 Å². The lowest BCUT2D eigenvalue weighted by Crippen LogP contribution is -2.33. The van der Waals surface area contributed by atoms with Crippen LogP contribution in [0.5, 0.6) is 0 Å². The molecule has 0 aliphatic rings. The third-order valence-corrected chi connectivity index (χ3v) is 3.69. The Morgan fingerprint density at radius 2 is 1.93 bits per heavy atom. The van der Waals surface area contributed by atoms with Gasteiger partial charge in [0, 0.05) is 23.6 Å². The zero-order valence-corrected chi connectivity index (χ0v) is 16.1. The monoisotopic (exact) mass is 375 g/mol. The largest absolute Gasteiger partial charge is 0.461 e. The van der Waals surface area contributed by atoms with Gasteiger partial charge in [-0.15, -0.1) is 0 Å². The van der Waals surface area contributed by atoms with Crippen molar-refractivity contribution < 1.29 is 23.5 Å². The Morgan fingerprint density at radius 1 is 1.19 bits per heavy atom. The number of carbonyl (C=O) groups excluding carboxylic acids is 2. The van der Waals surface area contributed by atoms with Crippen LogP contribution in [0.15, 0.2) is 33.5 Å². The molecule has 0 spiro atoms. The summed E-state index contributed by atoms with van der Waals surface area (Å²) in [6.45, 7) is 7.33. The molecule has 1 amide bonds. The molecule has 1 aromatic heterocycles. The lowest BCUT2D eigenvalue weighted by molar-refractivity contribution is -0.144. The van der Waals surface area contributed by atoms with Gasteiger partial charge < -0.3 is 19.2 Å². The highest BCUT2D eigenvalue weighted by Gasteiger charge is 2.16. The molecule has 0 unspecified atom stereocenters. The Labute approximate surface area is 157 Å². The van der Waals surface area contributed by atoms with Gasteiger partial charge in [0.15, 0.2) is 0 Å². The van der Waals surface area contributed by atoms with Gasteiger partial charge in [0.25, 0.3) is 0 Å². The number of carbonyl (C=O) groups is 2. The quantitative estimate of drug-likeness (QED) is 0.615. The van der Waals surface area contributed by atoms with Crippen molar-refractivity contribution in [3.63, 3.8) is 0 Å². The molecule has 0 saturated heterocycles. The van der Waals surface area contributed by atoms with Crippen LogP contribution in [-0.4, -0.2) is 24.2 Å². The summed E-state index contributed by atoms with van der Waals surface area (Å²) in [6, 6.07) is 6.93. The van der Waals surface area contributed by atoms with E-state index in [2.05, 4.69) is 5.32 Å². The number of esters is 1. The zero-order valence-electron chi connectivity index (χ0n) is 16.1. The van der Waals surface area contributed by atoms with Crippen LogP contribution in [0, 0.1) is 0 Å². The summed E-state index contributed by atoms with van der Waals surface area (Å²) in [5, 5.41) is 3.22. The second-order valence-corrected chi connectivity index (χ2v) is 7.11. The van der Waals surface area contributed by atoms with Crippen molar-refractivity contribution in [1.29, 1.82) is 0 Å². The van der Waals surface area contributed by atoms with Gasteiger partial charge in [-0.1, -0.05) is 19.1 Å². The first-order valence-electron chi connectivity index (χ1n) is 8.86. The fourth-order valence-electron chi connectivity index (χ4n) is 2.42. The third kappa shape index (κ3) is 6.44. The number of fused-ring (bicyclic) bond motifs is 1. The van der Waals surface area contributed by atoms with E-state index in [1.54, 1.807) is 20.8 Å². The molecule has 146 valence electrons. The van der Waals surface area contributed by atoms with Crippen molar-refractivity contribution in [1.82, 2.24) is 5.32 Å². The number of alkyl carbamates (subject to hydrolysis) is 1. The summed E-state index contributed by atoms with van der Waals surface area (Å²) in [6.07, 6.45) is 0.232. The van der Waals surface area contributed by atoms with E-state index in [9.17, 15) is 14.4 Å². The normalized spacial score (nSPS) is 11.3. The minimum Gasteiger partial charge on any atom is -0.461 e. The summed E-state index contributed by atoms with van der Waals surface area (Å²) in [4.78, 5) is 35.2. The van der Waals surface area contributed by atoms with Crippen molar-refractivity contribution in [2.45, 2.75) is 52.7 Å². The summed E-state index contributed by atoms with van der Waals surface area (Å²) in [5.74, 6) is -0.488. The van der Waals surface area contributed by atoms with Gasteiger partial charge >= 0.3 is 17.7 Å². The molecule has 1 aromatic carbocycles. The van der Waals surface area contributed by atoms with E-state index in [-0.39, 0.29) is 19.6 Å². The standard InChI is InChI=1S/C20H25NO6/c1-5-13-6-7-15-14(11-18(23)26-16(15)10-13)12-25-17(22)8-9-21-19(24)27-20(2,3)4/h6-7,10-11H,5,8-9,12H2,1-4H3,(H,21,24). The maximum Gasteiger partial charge on any atom is 0.407 e. The summed E-state index contributed by atoms with van der Waals surface area (Å²) in [7, 11) is 0. The number of benzene rings is 1. The van der Waals surface area contributed by atoms with Gasteiger partial charge in [-0.2, -0.15) is 0 Å². The first-order chi connectivity index (χ1) is 12.7. The Morgan fingerprint density at radius 3 is 2.59 bits per heavy atom. The highest BCUT2D eigenvalue weighted by molar-refractivity contribution is 5.81. The van der Waals surface area contributed by atoms with Crippen LogP contribution in [0.25, 0.3) is 11.0 Å². The van der Waals surface area contributed by atoms with Crippen LogP contribution < -0.4 is 10.9 Å². The lowest BCUT2D eigenvalue weighted by Gasteiger charge is -2.19. The maximum atomic E-state index is 11.9. The predicted octanol–water partition coefficient (Wildman–Crippen LogP) is 3.31. The van der Waals surface area contributed by atoms with E-state index in [4.69, 9.17) is 13.9 Å². The van der Waals surface area contributed by atoms with Crippen molar-refractivity contribution in [3.05, 3.63) is 45.8 Å². The number of rotatable bonds is 6. The van der Waals surface area contributed by atoms with E-state index in [0.29, 0.717) is 11.1 Å². The van der Waals surface area contributed by atoms with Crippen LogP contribution in [0.1, 0.15) is 45.2 Å². The second-order valence-electron chi connectivity index (χ2n) is 7.11. The smallest absolute Gasteiger partial charge is 0.407 e. The molecule has 2 aromatic rings. The fourth-order valence-corrected chi connectivity index (χ4v) is 2.42. The molecular weight excluding hydrogens is 350 g/mol. The average Bonchev–Trinajstić information content (AvgIpc) is 2.57. The van der Waals surface area contributed by atoms with Crippen LogP contribution in [0.2, 0.25) is 0 Å². The molecule has 0 saturated carbocycles. The molecule has 7 nitrogen and oxygen atoms in total. The topological polar surface area (TPSA) is 94.8 Å². The SMILES string of the molecule is CCc1ccc2c(COC(=O)CCNC(=O)OC(C)(C)C)cc(=O)oc2c1. The Bertz CT molecular complexity index is 878. The van der Waals surface area contributed by atoms with Crippen molar-refractivity contribution in [2.75, 3.05) is 6.54 Å². The molecule has 0 aliphatic heterocycles. The predicted molar refractivity (Wildman–Crippen MR) is 101 cm³/mol. The van der Waals surface area contributed by atoms with E-state index < -0.39 is 23.3 Å². The molecule has 2 rings (SSSR count). The van der Waals surface area contributed by atoms with Gasteiger partial charge in [-0.25, -0.2) is 9.59 Å². The number of aryl methyl sites for hydroxylation is 1. The molecule has 7 heteroatoms. The minimum absolute atomic E-state index is 0.00139. The van der Waals surface area contributed by atoms with Crippen molar-refractivity contribution in [2.24, 2.45) is 0 Å². The lowest BCUT2D eigenvalue weighted by atomic mass is 10.1. The van der Waals surface area contributed by atoms with E-state index in [1.807, 2.05) is 25.1 Å². The number of ether oxygens (including phenoxy) is 2. The zero-order chi connectivity index (χ0) is 20.0. The van der Waals surface area contributed by atoms with Gasteiger partial charge in [0.2, 0.25) is 0 Å². The molecule has 0 bridgehead atoms. The molecule has 0 fully saturated rings. The first-order valence-corrected chi connectivity index (χ1v) is 8.86. The minimum atomic E-state index is -0.600. The van der Waals surface area contributed by atoms with Gasteiger partial charge in [-0.05, 0) is 38.8 Å². The molecule has 0 aliphatic carbocycles. The molecule has 27 heavy (non-hydrogen) atoms. The number of hydrogen-bond acceptors (Lipinski definition) is 6. The fraction of sp³-hybridized carbons (Fsp3) is 0.450. The molecule has 1 N–H and O–H groups in total. The summed E-state index contributed by atoms with van der Waals surface area (Å²) < 4.78 is 15.5. The third-order valence-electron chi connectivity index (χ3n) is 3.69. The Kier molecular flexibility index (Phi) is 6.60. The van der Waals surface area contributed by atoms with Crippen molar-refractivity contribution >= 4 is 23.0 Å². The number of amides is 1. The first kappa shape index (κ1) is 20.5. The van der Waals surface area contributed by atoms with Crippen LogP contribution in [0.3, 0.4) is 0 Å². The second kappa shape index (κ2) is 8.70.